The summed E-state index contributed by atoms with van der Waals surface area (Å²) in [5, 5.41) is 20.7. The average molecular weight is 290 g/mol. The molecule has 2 N–H and O–H groups in total. The minimum atomic E-state index is -1.21. The number of rotatable bonds is 4. The lowest BCUT2D eigenvalue weighted by Crippen LogP contribution is -2.28. The van der Waals surface area contributed by atoms with Crippen molar-refractivity contribution in [3.8, 4) is 0 Å². The highest BCUT2D eigenvalue weighted by molar-refractivity contribution is 5.47. The van der Waals surface area contributed by atoms with Crippen LogP contribution < -0.4 is 0 Å². The van der Waals surface area contributed by atoms with Crippen LogP contribution in [-0.4, -0.2) is 10.2 Å². The monoisotopic (exact) mass is 290 g/mol. The van der Waals surface area contributed by atoms with Crippen LogP contribution >= 0.6 is 0 Å². The number of hydrogen-bond donors (Lipinski definition) is 2. The van der Waals surface area contributed by atoms with E-state index in [9.17, 15) is 10.2 Å². The van der Waals surface area contributed by atoms with Crippen LogP contribution in [-0.2, 0) is 12.2 Å². The molecule has 0 aromatic heterocycles. The van der Waals surface area contributed by atoms with Gasteiger partial charge in [-0.2, -0.15) is 0 Å². The van der Waals surface area contributed by atoms with Gasteiger partial charge in [0.15, 0.2) is 0 Å². The maximum absolute atomic E-state index is 11.5. The number of hydrogen-bond acceptors (Lipinski definition) is 2. The fourth-order valence-corrected chi connectivity index (χ4v) is 2.71. The van der Waals surface area contributed by atoms with Crippen LogP contribution in [0.5, 0.6) is 0 Å². The SMILES string of the molecule is OCc1ccc(C(O)(c2ccccc2)c2ccccc2)cc1. The molecule has 2 nitrogen and oxygen atoms in total. The van der Waals surface area contributed by atoms with E-state index >= 15 is 0 Å². The van der Waals surface area contributed by atoms with Crippen molar-refractivity contribution in [3.05, 3.63) is 107 Å². The van der Waals surface area contributed by atoms with Crippen molar-refractivity contribution in [2.45, 2.75) is 12.2 Å². The summed E-state index contributed by atoms with van der Waals surface area (Å²) in [4.78, 5) is 0. The molecule has 0 amide bonds. The van der Waals surface area contributed by atoms with Gasteiger partial charge in [-0.05, 0) is 22.3 Å². The van der Waals surface area contributed by atoms with E-state index in [1.807, 2.05) is 84.9 Å². The third-order valence-electron chi connectivity index (χ3n) is 3.94. The van der Waals surface area contributed by atoms with Crippen molar-refractivity contribution in [1.29, 1.82) is 0 Å². The predicted octanol–water partition coefficient (Wildman–Crippen LogP) is 3.46. The van der Waals surface area contributed by atoms with Crippen molar-refractivity contribution in [2.24, 2.45) is 0 Å². The Balaban J connectivity index is 2.18. The van der Waals surface area contributed by atoms with Gasteiger partial charge in [0.2, 0.25) is 0 Å². The molecule has 22 heavy (non-hydrogen) atoms. The van der Waals surface area contributed by atoms with Gasteiger partial charge >= 0.3 is 0 Å². The first-order valence-corrected chi connectivity index (χ1v) is 7.29. The molecule has 0 aliphatic rings. The molecule has 0 fully saturated rings. The van der Waals surface area contributed by atoms with Gasteiger partial charge in [-0.3, -0.25) is 0 Å². The lowest BCUT2D eigenvalue weighted by Gasteiger charge is -2.30. The molecule has 0 atom stereocenters. The lowest BCUT2D eigenvalue weighted by atomic mass is 9.80. The van der Waals surface area contributed by atoms with Crippen molar-refractivity contribution >= 4 is 0 Å². The Labute approximate surface area is 130 Å². The molecule has 2 heteroatoms. The first-order valence-electron chi connectivity index (χ1n) is 7.29. The second-order valence-electron chi connectivity index (χ2n) is 5.30. The first-order chi connectivity index (χ1) is 10.7. The summed E-state index contributed by atoms with van der Waals surface area (Å²) in [7, 11) is 0. The minimum Gasteiger partial charge on any atom is -0.392 e. The standard InChI is InChI=1S/C20H18O2/c21-15-16-11-13-19(14-12-16)20(22,17-7-3-1-4-8-17)18-9-5-2-6-10-18/h1-14,21-22H,15H2. The van der Waals surface area contributed by atoms with E-state index in [0.29, 0.717) is 0 Å². The van der Waals surface area contributed by atoms with Crippen molar-refractivity contribution in [2.75, 3.05) is 0 Å². The summed E-state index contributed by atoms with van der Waals surface area (Å²) in [5.41, 5.74) is 2.03. The number of aliphatic hydroxyl groups is 2. The van der Waals surface area contributed by atoms with Gasteiger partial charge in [-0.25, -0.2) is 0 Å². The van der Waals surface area contributed by atoms with Crippen LogP contribution in [0.3, 0.4) is 0 Å². The maximum Gasteiger partial charge on any atom is 0.140 e. The van der Waals surface area contributed by atoms with Crippen LogP contribution in [0, 0.1) is 0 Å². The molecular weight excluding hydrogens is 272 g/mol. The summed E-state index contributed by atoms with van der Waals surface area (Å²) >= 11 is 0. The molecule has 0 aliphatic carbocycles. The van der Waals surface area contributed by atoms with Crippen LogP contribution in [0.1, 0.15) is 22.3 Å². The number of aliphatic hydroxyl groups excluding tert-OH is 1. The molecule has 0 heterocycles. The highest BCUT2D eigenvalue weighted by Gasteiger charge is 2.33. The Kier molecular flexibility index (Phi) is 4.05. The van der Waals surface area contributed by atoms with Crippen LogP contribution in [0.4, 0.5) is 0 Å². The molecule has 0 aliphatic heterocycles. The van der Waals surface area contributed by atoms with Gasteiger partial charge in [0.1, 0.15) is 5.60 Å². The Morgan fingerprint density at radius 1 is 0.591 bits per heavy atom. The smallest absolute Gasteiger partial charge is 0.140 e. The summed E-state index contributed by atoms with van der Waals surface area (Å²) < 4.78 is 0. The fraction of sp³-hybridized carbons (Fsp3) is 0.100. The van der Waals surface area contributed by atoms with E-state index < -0.39 is 5.60 Å². The lowest BCUT2D eigenvalue weighted by molar-refractivity contribution is 0.125. The third kappa shape index (κ3) is 2.54. The zero-order valence-electron chi connectivity index (χ0n) is 12.2. The quantitative estimate of drug-likeness (QED) is 0.722. The molecule has 0 bridgehead atoms. The topological polar surface area (TPSA) is 40.5 Å². The minimum absolute atomic E-state index is 0.00458. The Morgan fingerprint density at radius 3 is 1.41 bits per heavy atom. The molecule has 0 saturated carbocycles. The largest absolute Gasteiger partial charge is 0.392 e. The van der Waals surface area contributed by atoms with E-state index in [2.05, 4.69) is 0 Å². The third-order valence-corrected chi connectivity index (χ3v) is 3.94. The molecule has 0 unspecified atom stereocenters. The van der Waals surface area contributed by atoms with Crippen LogP contribution in [0.2, 0.25) is 0 Å². The molecule has 0 saturated heterocycles. The Hall–Kier alpha value is -2.42. The van der Waals surface area contributed by atoms with Crippen molar-refractivity contribution in [3.63, 3.8) is 0 Å². The molecule has 0 radical (unpaired) electrons. The molecule has 0 spiro atoms. The Morgan fingerprint density at radius 2 is 1.00 bits per heavy atom. The van der Waals surface area contributed by atoms with Crippen molar-refractivity contribution < 1.29 is 10.2 Å². The molecule has 3 rings (SSSR count). The summed E-state index contributed by atoms with van der Waals surface area (Å²) in [6.45, 7) is -0.00458. The maximum atomic E-state index is 11.5. The highest BCUT2D eigenvalue weighted by atomic mass is 16.3. The van der Waals surface area contributed by atoms with Gasteiger partial charge in [0.05, 0.1) is 6.61 Å². The van der Waals surface area contributed by atoms with Crippen LogP contribution in [0.15, 0.2) is 84.9 Å². The van der Waals surface area contributed by atoms with Gasteiger partial charge in [-0.15, -0.1) is 0 Å². The van der Waals surface area contributed by atoms with Gasteiger partial charge in [-0.1, -0.05) is 84.9 Å². The second-order valence-corrected chi connectivity index (χ2v) is 5.30. The molecule has 3 aromatic carbocycles. The second kappa shape index (κ2) is 6.14. The van der Waals surface area contributed by atoms with Gasteiger partial charge in [0, 0.05) is 0 Å². The Bertz CT molecular complexity index is 679. The average Bonchev–Trinajstić information content (AvgIpc) is 2.62. The van der Waals surface area contributed by atoms with E-state index in [4.69, 9.17) is 0 Å². The van der Waals surface area contributed by atoms with E-state index in [0.717, 1.165) is 22.3 Å². The zero-order chi connectivity index (χ0) is 15.4. The summed E-state index contributed by atoms with van der Waals surface area (Å²) in [6, 6.07) is 26.7. The van der Waals surface area contributed by atoms with E-state index in [-0.39, 0.29) is 6.61 Å². The predicted molar refractivity (Wildman–Crippen MR) is 87.3 cm³/mol. The van der Waals surface area contributed by atoms with E-state index in [1.165, 1.54) is 0 Å². The van der Waals surface area contributed by atoms with Crippen molar-refractivity contribution in [1.82, 2.24) is 0 Å². The van der Waals surface area contributed by atoms with Crippen LogP contribution in [0.25, 0.3) is 0 Å². The summed E-state index contributed by atoms with van der Waals surface area (Å²) in [5.74, 6) is 0. The molecule has 110 valence electrons. The first kappa shape index (κ1) is 14.5. The van der Waals surface area contributed by atoms with Gasteiger partial charge < -0.3 is 10.2 Å². The normalized spacial score (nSPS) is 11.4. The molecule has 3 aromatic rings. The molecular formula is C20H18O2. The zero-order valence-corrected chi connectivity index (χ0v) is 12.2. The summed E-state index contributed by atoms with van der Waals surface area (Å²) in [6.07, 6.45) is 0. The number of benzene rings is 3. The van der Waals surface area contributed by atoms with Gasteiger partial charge in [0.25, 0.3) is 0 Å². The highest BCUT2D eigenvalue weighted by Crippen LogP contribution is 2.36. The fourth-order valence-electron chi connectivity index (χ4n) is 2.71. The van der Waals surface area contributed by atoms with E-state index in [1.54, 1.807) is 0 Å².